The lowest BCUT2D eigenvalue weighted by Gasteiger charge is -2.10. The van der Waals surface area contributed by atoms with E-state index in [-0.39, 0.29) is 0 Å². The number of benzene rings is 1. The zero-order valence-electron chi connectivity index (χ0n) is 9.50. The highest BCUT2D eigenvalue weighted by Crippen LogP contribution is 2.24. The number of halogens is 2. The van der Waals surface area contributed by atoms with Gasteiger partial charge in [0.2, 0.25) is 0 Å². The number of aromatic nitrogens is 1. The fourth-order valence-electron chi connectivity index (χ4n) is 1.94. The first-order valence-corrected chi connectivity index (χ1v) is 5.52. The molecular formula is C13H11ClFNO. The van der Waals surface area contributed by atoms with Gasteiger partial charge < -0.3 is 4.57 Å². The third-order valence-corrected chi connectivity index (χ3v) is 2.98. The molecule has 2 nitrogen and oxygen atoms in total. The van der Waals surface area contributed by atoms with Crippen LogP contribution in [0.5, 0.6) is 0 Å². The van der Waals surface area contributed by atoms with Crippen LogP contribution in [0.1, 0.15) is 21.7 Å². The molecule has 0 bridgehead atoms. The Morgan fingerprint density at radius 1 is 1.29 bits per heavy atom. The van der Waals surface area contributed by atoms with Crippen LogP contribution < -0.4 is 0 Å². The normalized spacial score (nSPS) is 10.6. The van der Waals surface area contributed by atoms with Gasteiger partial charge in [0, 0.05) is 22.0 Å². The number of hydrogen-bond donors (Lipinski definition) is 0. The van der Waals surface area contributed by atoms with Gasteiger partial charge in [-0.2, -0.15) is 0 Å². The van der Waals surface area contributed by atoms with E-state index in [9.17, 15) is 9.18 Å². The summed E-state index contributed by atoms with van der Waals surface area (Å²) < 4.78 is 15.5. The number of nitrogens with zero attached hydrogens (tertiary/aromatic N) is 1. The lowest BCUT2D eigenvalue weighted by Crippen LogP contribution is -2.02. The number of aldehydes is 1. The lowest BCUT2D eigenvalue weighted by molar-refractivity contribution is 0.112. The third kappa shape index (κ3) is 1.98. The van der Waals surface area contributed by atoms with Crippen LogP contribution in [0.25, 0.3) is 5.69 Å². The van der Waals surface area contributed by atoms with Crippen LogP contribution in [-0.4, -0.2) is 10.9 Å². The number of hydrogen-bond acceptors (Lipinski definition) is 1. The topological polar surface area (TPSA) is 22.0 Å². The highest BCUT2D eigenvalue weighted by molar-refractivity contribution is 6.30. The summed E-state index contributed by atoms with van der Waals surface area (Å²) in [5, 5.41) is 0.351. The van der Waals surface area contributed by atoms with E-state index in [4.69, 9.17) is 11.6 Å². The summed E-state index contributed by atoms with van der Waals surface area (Å²) in [6.45, 7) is 3.61. The van der Waals surface area contributed by atoms with Crippen LogP contribution in [0.2, 0.25) is 5.02 Å². The number of carbonyl (C=O) groups is 1. The molecule has 0 radical (unpaired) electrons. The molecule has 0 aliphatic heterocycles. The fourth-order valence-corrected chi connectivity index (χ4v) is 2.10. The van der Waals surface area contributed by atoms with Crippen LogP contribution in [0.3, 0.4) is 0 Å². The maximum absolute atomic E-state index is 13.8. The molecule has 0 spiro atoms. The Bertz CT molecular complexity index is 589. The first kappa shape index (κ1) is 11.9. The predicted octanol–water partition coefficient (Wildman–Crippen LogP) is 3.70. The van der Waals surface area contributed by atoms with Gasteiger partial charge >= 0.3 is 0 Å². The molecular weight excluding hydrogens is 241 g/mol. The van der Waals surface area contributed by atoms with Crippen LogP contribution in [0, 0.1) is 19.7 Å². The summed E-state index contributed by atoms with van der Waals surface area (Å²) in [5.41, 5.74) is 2.50. The molecule has 0 atom stereocenters. The Kier molecular flexibility index (Phi) is 3.03. The van der Waals surface area contributed by atoms with Crippen LogP contribution in [0.15, 0.2) is 24.3 Å². The zero-order chi connectivity index (χ0) is 12.6. The van der Waals surface area contributed by atoms with Gasteiger partial charge in [-0.05, 0) is 38.1 Å². The minimum absolute atomic E-state index is 0.351. The SMILES string of the molecule is Cc1cc(C=O)c(C)n1-c1ccc(Cl)cc1F. The molecule has 2 rings (SSSR count). The average Bonchev–Trinajstić information content (AvgIpc) is 2.55. The van der Waals surface area contributed by atoms with Crippen molar-refractivity contribution in [2.24, 2.45) is 0 Å². The molecule has 1 aromatic carbocycles. The van der Waals surface area contributed by atoms with Gasteiger partial charge in [-0.25, -0.2) is 4.39 Å². The number of carbonyl (C=O) groups excluding carboxylic acids is 1. The van der Waals surface area contributed by atoms with E-state index in [1.54, 1.807) is 29.7 Å². The Morgan fingerprint density at radius 2 is 2.00 bits per heavy atom. The quantitative estimate of drug-likeness (QED) is 0.746. The Balaban J connectivity index is 2.68. The van der Waals surface area contributed by atoms with Crippen molar-refractivity contribution in [2.75, 3.05) is 0 Å². The summed E-state index contributed by atoms with van der Waals surface area (Å²) in [5.74, 6) is -0.406. The first-order chi connectivity index (χ1) is 8.04. The van der Waals surface area contributed by atoms with Crippen molar-refractivity contribution in [2.45, 2.75) is 13.8 Å². The van der Waals surface area contributed by atoms with Crippen LogP contribution in [-0.2, 0) is 0 Å². The highest BCUT2D eigenvalue weighted by atomic mass is 35.5. The van der Waals surface area contributed by atoms with Gasteiger partial charge in [0.25, 0.3) is 0 Å². The summed E-state index contributed by atoms with van der Waals surface area (Å²) in [4.78, 5) is 10.8. The smallest absolute Gasteiger partial charge is 0.151 e. The van der Waals surface area contributed by atoms with E-state index >= 15 is 0 Å². The summed E-state index contributed by atoms with van der Waals surface area (Å²) in [6.07, 6.45) is 0.770. The molecule has 1 heterocycles. The van der Waals surface area contributed by atoms with Crippen molar-refractivity contribution >= 4 is 17.9 Å². The molecule has 0 unspecified atom stereocenters. The Labute approximate surface area is 104 Å². The second-order valence-electron chi connectivity index (χ2n) is 3.88. The molecule has 0 aliphatic rings. The standard InChI is InChI=1S/C13H11ClFNO/c1-8-5-10(7-17)9(2)16(8)13-4-3-11(14)6-12(13)15/h3-7H,1-2H3. The first-order valence-electron chi connectivity index (χ1n) is 5.14. The minimum atomic E-state index is -0.406. The van der Waals surface area contributed by atoms with E-state index in [0.717, 1.165) is 17.7 Å². The summed E-state index contributed by atoms with van der Waals surface area (Å²) in [6, 6.07) is 6.22. The number of rotatable bonds is 2. The van der Waals surface area contributed by atoms with Crippen LogP contribution >= 0.6 is 11.6 Å². The third-order valence-electron chi connectivity index (χ3n) is 2.75. The summed E-state index contributed by atoms with van der Waals surface area (Å²) >= 11 is 5.71. The van der Waals surface area contributed by atoms with E-state index in [1.165, 1.54) is 6.07 Å². The van der Waals surface area contributed by atoms with E-state index in [0.29, 0.717) is 16.3 Å². The van der Waals surface area contributed by atoms with Gasteiger partial charge in [-0.1, -0.05) is 11.6 Å². The predicted molar refractivity (Wildman–Crippen MR) is 65.6 cm³/mol. The highest BCUT2D eigenvalue weighted by Gasteiger charge is 2.13. The van der Waals surface area contributed by atoms with Crippen molar-refractivity contribution in [3.05, 3.63) is 52.1 Å². The molecule has 0 aliphatic carbocycles. The molecule has 17 heavy (non-hydrogen) atoms. The molecule has 88 valence electrons. The minimum Gasteiger partial charge on any atom is -0.315 e. The molecule has 4 heteroatoms. The van der Waals surface area contributed by atoms with E-state index in [2.05, 4.69) is 0 Å². The fraction of sp³-hybridized carbons (Fsp3) is 0.154. The molecule has 2 aromatic rings. The molecule has 0 saturated carbocycles. The monoisotopic (exact) mass is 251 g/mol. The average molecular weight is 252 g/mol. The van der Waals surface area contributed by atoms with Crippen molar-refractivity contribution in [3.63, 3.8) is 0 Å². The largest absolute Gasteiger partial charge is 0.315 e. The molecule has 0 amide bonds. The Morgan fingerprint density at radius 3 is 2.53 bits per heavy atom. The van der Waals surface area contributed by atoms with Crippen LogP contribution in [0.4, 0.5) is 4.39 Å². The summed E-state index contributed by atoms with van der Waals surface area (Å²) in [7, 11) is 0. The van der Waals surface area contributed by atoms with E-state index in [1.807, 2.05) is 6.92 Å². The second-order valence-corrected chi connectivity index (χ2v) is 4.31. The van der Waals surface area contributed by atoms with Crippen molar-refractivity contribution in [1.82, 2.24) is 4.57 Å². The van der Waals surface area contributed by atoms with Crippen molar-refractivity contribution in [3.8, 4) is 5.69 Å². The van der Waals surface area contributed by atoms with Crippen molar-refractivity contribution < 1.29 is 9.18 Å². The van der Waals surface area contributed by atoms with Gasteiger partial charge in [-0.3, -0.25) is 4.79 Å². The van der Waals surface area contributed by atoms with Crippen molar-refractivity contribution in [1.29, 1.82) is 0 Å². The zero-order valence-corrected chi connectivity index (χ0v) is 10.3. The van der Waals surface area contributed by atoms with Gasteiger partial charge in [0.15, 0.2) is 6.29 Å². The molecule has 0 N–H and O–H groups in total. The molecule has 0 fully saturated rings. The molecule has 1 aromatic heterocycles. The van der Waals surface area contributed by atoms with E-state index < -0.39 is 5.82 Å². The van der Waals surface area contributed by atoms with Gasteiger partial charge in [0.05, 0.1) is 5.69 Å². The van der Waals surface area contributed by atoms with Gasteiger partial charge in [0.1, 0.15) is 5.82 Å². The maximum Gasteiger partial charge on any atom is 0.151 e. The number of aryl methyl sites for hydroxylation is 1. The Hall–Kier alpha value is -1.61. The second kappa shape index (κ2) is 4.34. The lowest BCUT2D eigenvalue weighted by atomic mass is 10.2. The maximum atomic E-state index is 13.8. The van der Waals surface area contributed by atoms with Gasteiger partial charge in [-0.15, -0.1) is 0 Å². The molecule has 0 saturated heterocycles.